The number of rotatable bonds is 5. The molecule has 4 aromatic rings. The Labute approximate surface area is 193 Å². The van der Waals surface area contributed by atoms with Gasteiger partial charge in [0.1, 0.15) is 5.75 Å². The van der Waals surface area contributed by atoms with Gasteiger partial charge in [-0.25, -0.2) is 0 Å². The highest BCUT2D eigenvalue weighted by Crippen LogP contribution is 2.31. The number of nitrogens with one attached hydrogen (secondary N) is 1. The van der Waals surface area contributed by atoms with Gasteiger partial charge < -0.3 is 20.6 Å². The van der Waals surface area contributed by atoms with Crippen molar-refractivity contribution >= 4 is 28.0 Å². The molecule has 0 saturated heterocycles. The van der Waals surface area contributed by atoms with Gasteiger partial charge in [-0.1, -0.05) is 18.2 Å². The van der Waals surface area contributed by atoms with Crippen LogP contribution in [0.15, 0.2) is 65.7 Å². The van der Waals surface area contributed by atoms with Crippen LogP contribution in [0.4, 0.5) is 11.4 Å². The number of fused-ring (bicyclic) bond motifs is 2. The smallest absolute Gasteiger partial charge is 0.198 e. The Hall–Kier alpha value is -3.77. The van der Waals surface area contributed by atoms with Gasteiger partial charge in [-0.05, 0) is 72.5 Å². The average molecular weight is 441 g/mol. The van der Waals surface area contributed by atoms with E-state index in [1.165, 1.54) is 16.7 Å². The van der Waals surface area contributed by atoms with Crippen molar-refractivity contribution in [2.24, 2.45) is 4.99 Å². The lowest BCUT2D eigenvalue weighted by Crippen LogP contribution is -2.30. The highest BCUT2D eigenvalue weighted by molar-refractivity contribution is 6.13. The summed E-state index contributed by atoms with van der Waals surface area (Å²) in [6.45, 7) is 4.78. The Morgan fingerprint density at radius 2 is 1.91 bits per heavy atom. The lowest BCUT2D eigenvalue weighted by molar-refractivity contribution is 0.245. The molecule has 0 fully saturated rings. The normalized spacial score (nSPS) is 14.4. The number of benzene rings is 3. The highest BCUT2D eigenvalue weighted by atomic mass is 16.5. The van der Waals surface area contributed by atoms with Gasteiger partial charge in [-0.15, -0.1) is 0 Å². The zero-order valence-corrected chi connectivity index (χ0v) is 18.9. The fourth-order valence-electron chi connectivity index (χ4n) is 4.59. The Morgan fingerprint density at radius 3 is 2.70 bits per heavy atom. The van der Waals surface area contributed by atoms with E-state index in [2.05, 4.69) is 34.1 Å². The summed E-state index contributed by atoms with van der Waals surface area (Å²) >= 11 is 0. The lowest BCUT2D eigenvalue weighted by Gasteiger charge is -2.29. The first-order valence-electron chi connectivity index (χ1n) is 11.1. The Kier molecular flexibility index (Phi) is 5.52. The molecule has 3 aromatic carbocycles. The number of nitrogen functional groups attached to an aromatic ring is 1. The van der Waals surface area contributed by atoms with Gasteiger partial charge in [-0.3, -0.25) is 9.89 Å². The van der Waals surface area contributed by atoms with Gasteiger partial charge in [-0.2, -0.15) is 0 Å². The Bertz CT molecular complexity index is 1340. The number of ether oxygens (including phenoxy) is 1. The van der Waals surface area contributed by atoms with Crippen molar-refractivity contribution in [2.75, 3.05) is 19.4 Å². The second kappa shape index (κ2) is 8.64. The van der Waals surface area contributed by atoms with E-state index in [0.717, 1.165) is 54.1 Å². The maximum absolute atomic E-state index is 10.4. The number of hydrogen-bond acceptors (Lipinski definition) is 5. The predicted molar refractivity (Wildman–Crippen MR) is 134 cm³/mol. The van der Waals surface area contributed by atoms with Gasteiger partial charge in [0.05, 0.1) is 24.1 Å². The Morgan fingerprint density at radius 1 is 1.09 bits per heavy atom. The molecule has 0 radical (unpaired) electrons. The van der Waals surface area contributed by atoms with Crippen LogP contribution >= 0.6 is 0 Å². The summed E-state index contributed by atoms with van der Waals surface area (Å²) < 4.78 is 5.35. The van der Waals surface area contributed by atoms with Crippen LogP contribution in [0.3, 0.4) is 0 Å². The topological polar surface area (TPSA) is 86.9 Å². The molecule has 1 aliphatic heterocycles. The molecule has 33 heavy (non-hydrogen) atoms. The van der Waals surface area contributed by atoms with E-state index in [1.54, 1.807) is 7.11 Å². The van der Waals surface area contributed by atoms with E-state index in [0.29, 0.717) is 11.3 Å². The van der Waals surface area contributed by atoms with Gasteiger partial charge in [0.2, 0.25) is 0 Å². The fraction of sp³-hybridized carbons (Fsp3) is 0.222. The number of aromatic nitrogens is 1. The number of aliphatic imine (C=N–C) groups is 1. The van der Waals surface area contributed by atoms with Crippen molar-refractivity contribution in [1.29, 1.82) is 0 Å². The van der Waals surface area contributed by atoms with Gasteiger partial charge in [0.25, 0.3) is 0 Å². The molecule has 5 rings (SSSR count). The van der Waals surface area contributed by atoms with E-state index >= 15 is 0 Å². The number of nitrogens with zero attached hydrogens (tertiary/aromatic N) is 2. The van der Waals surface area contributed by atoms with E-state index in [9.17, 15) is 5.11 Å². The number of nitrogens with two attached hydrogens (primary N) is 1. The lowest BCUT2D eigenvalue weighted by atomic mass is 9.99. The van der Waals surface area contributed by atoms with E-state index in [4.69, 9.17) is 15.5 Å². The summed E-state index contributed by atoms with van der Waals surface area (Å²) in [5, 5.41) is 11.3. The van der Waals surface area contributed by atoms with Gasteiger partial charge in [0, 0.05) is 36.2 Å². The number of methoxy groups -OCH3 is 1. The molecular weight excluding hydrogens is 412 g/mol. The summed E-state index contributed by atoms with van der Waals surface area (Å²) in [6.07, 6.45) is 1.03. The zero-order valence-electron chi connectivity index (χ0n) is 18.9. The second-order valence-electron chi connectivity index (χ2n) is 8.61. The standard InChI is InChI=1S/C27H28N4O2/c1-17(26-24-14-21(28)6-10-25(24)30-27(26)32)29-22-7-3-18(4-8-22)15-31-12-11-19-13-23(33-2)9-5-20(19)16-31/h3-10,13-14,30,32H,11-12,15-16,28H2,1-2H3. The van der Waals surface area contributed by atoms with Crippen LogP contribution in [0, 0.1) is 0 Å². The first kappa shape index (κ1) is 21.1. The fourth-order valence-corrected chi connectivity index (χ4v) is 4.59. The third-order valence-corrected chi connectivity index (χ3v) is 6.31. The van der Waals surface area contributed by atoms with Crippen LogP contribution in [0.2, 0.25) is 0 Å². The first-order valence-corrected chi connectivity index (χ1v) is 11.1. The monoisotopic (exact) mass is 440 g/mol. The number of aromatic amines is 1. The first-order chi connectivity index (χ1) is 16.0. The average Bonchev–Trinajstić information content (AvgIpc) is 3.15. The van der Waals surface area contributed by atoms with Crippen LogP contribution in [0.25, 0.3) is 10.9 Å². The maximum Gasteiger partial charge on any atom is 0.198 e. The highest BCUT2D eigenvalue weighted by Gasteiger charge is 2.17. The molecule has 6 heteroatoms. The van der Waals surface area contributed by atoms with Crippen LogP contribution in [0.1, 0.15) is 29.2 Å². The van der Waals surface area contributed by atoms with E-state index in [-0.39, 0.29) is 5.88 Å². The van der Waals surface area contributed by atoms with Crippen molar-refractivity contribution in [2.45, 2.75) is 26.4 Å². The van der Waals surface area contributed by atoms with E-state index in [1.807, 2.05) is 43.3 Å². The molecule has 0 bridgehead atoms. The third kappa shape index (κ3) is 4.30. The Balaban J connectivity index is 1.30. The summed E-state index contributed by atoms with van der Waals surface area (Å²) in [5.74, 6) is 1.04. The number of aromatic hydroxyl groups is 1. The van der Waals surface area contributed by atoms with Crippen molar-refractivity contribution in [1.82, 2.24) is 9.88 Å². The summed E-state index contributed by atoms with van der Waals surface area (Å²) in [4.78, 5) is 10.2. The number of H-pyrrole nitrogens is 1. The molecule has 0 saturated carbocycles. The van der Waals surface area contributed by atoms with Crippen LogP contribution < -0.4 is 10.5 Å². The molecule has 1 aliphatic rings. The van der Waals surface area contributed by atoms with Crippen LogP contribution in [-0.4, -0.2) is 34.4 Å². The van der Waals surface area contributed by atoms with Crippen LogP contribution in [0.5, 0.6) is 11.6 Å². The summed E-state index contributed by atoms with van der Waals surface area (Å²) in [7, 11) is 1.71. The zero-order chi connectivity index (χ0) is 22.9. The number of anilines is 1. The molecule has 0 unspecified atom stereocenters. The quantitative estimate of drug-likeness (QED) is 0.295. The molecule has 0 atom stereocenters. The van der Waals surface area contributed by atoms with Crippen LogP contribution in [-0.2, 0) is 19.5 Å². The predicted octanol–water partition coefficient (Wildman–Crippen LogP) is 5.16. The molecule has 0 amide bonds. The molecule has 2 heterocycles. The molecule has 0 aliphatic carbocycles. The number of hydrogen-bond donors (Lipinski definition) is 3. The third-order valence-electron chi connectivity index (χ3n) is 6.31. The van der Waals surface area contributed by atoms with Crippen molar-refractivity contribution < 1.29 is 9.84 Å². The molecule has 6 nitrogen and oxygen atoms in total. The molecular formula is C27H28N4O2. The van der Waals surface area contributed by atoms with Gasteiger partial charge >= 0.3 is 0 Å². The van der Waals surface area contributed by atoms with Crippen molar-refractivity contribution in [3.05, 3.63) is 82.9 Å². The van der Waals surface area contributed by atoms with Crippen molar-refractivity contribution in [3.63, 3.8) is 0 Å². The molecule has 168 valence electrons. The second-order valence-corrected chi connectivity index (χ2v) is 8.61. The largest absolute Gasteiger partial charge is 0.497 e. The van der Waals surface area contributed by atoms with E-state index < -0.39 is 0 Å². The SMILES string of the molecule is COc1ccc2c(c1)CCN(Cc1ccc(N=C(C)c3c(O)[nH]c4ccc(N)cc34)cc1)C2. The minimum atomic E-state index is 0.108. The summed E-state index contributed by atoms with van der Waals surface area (Å²) in [5.41, 5.74) is 13.7. The summed E-state index contributed by atoms with van der Waals surface area (Å²) in [6, 6.07) is 20.2. The maximum atomic E-state index is 10.4. The molecule has 0 spiro atoms. The molecule has 1 aromatic heterocycles. The minimum Gasteiger partial charge on any atom is -0.497 e. The van der Waals surface area contributed by atoms with Gasteiger partial charge in [0.15, 0.2) is 5.88 Å². The van der Waals surface area contributed by atoms with Crippen molar-refractivity contribution in [3.8, 4) is 11.6 Å². The molecule has 4 N–H and O–H groups in total. The minimum absolute atomic E-state index is 0.108.